The van der Waals surface area contributed by atoms with E-state index in [-0.39, 0.29) is 0 Å². The van der Waals surface area contributed by atoms with Crippen LogP contribution < -0.4 is 5.32 Å². The van der Waals surface area contributed by atoms with Gasteiger partial charge in [0.15, 0.2) is 0 Å². The molecule has 2 heterocycles. The lowest BCUT2D eigenvalue weighted by Crippen LogP contribution is -2.26. The first-order chi connectivity index (χ1) is 9.40. The molecule has 3 rings (SSSR count). The molecule has 0 aliphatic carbocycles. The van der Waals surface area contributed by atoms with Gasteiger partial charge in [0.2, 0.25) is 0 Å². The van der Waals surface area contributed by atoms with Crippen molar-refractivity contribution in [2.45, 2.75) is 19.0 Å². The minimum atomic E-state index is 0.513. The molecule has 98 valence electrons. The molecule has 3 nitrogen and oxygen atoms in total. The maximum atomic E-state index is 4.32. The number of nitrogens with zero attached hydrogens (tertiary/aromatic N) is 2. The van der Waals surface area contributed by atoms with E-state index in [0.29, 0.717) is 6.04 Å². The molecule has 0 spiro atoms. The third-order valence-corrected chi connectivity index (χ3v) is 3.54. The Morgan fingerprint density at radius 1 is 1.11 bits per heavy atom. The molecule has 2 aromatic rings. The Bertz CT molecular complexity index is 450. The van der Waals surface area contributed by atoms with Gasteiger partial charge in [-0.05, 0) is 24.1 Å². The molecule has 1 aliphatic rings. The lowest BCUT2D eigenvalue weighted by Gasteiger charge is -2.17. The van der Waals surface area contributed by atoms with E-state index in [2.05, 4.69) is 45.5 Å². The average Bonchev–Trinajstić information content (AvgIpc) is 2.88. The highest BCUT2D eigenvalue weighted by molar-refractivity contribution is 5.35. The first kappa shape index (κ1) is 12.2. The molecule has 1 saturated heterocycles. The lowest BCUT2D eigenvalue weighted by molar-refractivity contribution is 0.328. The van der Waals surface area contributed by atoms with Crippen molar-refractivity contribution < 1.29 is 0 Å². The van der Waals surface area contributed by atoms with Crippen LogP contribution in [0.5, 0.6) is 0 Å². The summed E-state index contributed by atoms with van der Waals surface area (Å²) >= 11 is 0. The topological polar surface area (TPSA) is 28.2 Å². The molecular weight excluding hydrogens is 234 g/mol. The number of hydrogen-bond donors (Lipinski definition) is 1. The number of nitrogens with one attached hydrogen (secondary N) is 1. The van der Waals surface area contributed by atoms with Crippen molar-refractivity contribution in [2.24, 2.45) is 0 Å². The Labute approximate surface area is 114 Å². The standard InChI is InChI=1S/C16H19N3/c1-2-6-14(7-3-1)12-19-11-9-15(13-19)18-16-8-4-5-10-17-16/h1-8,10,15H,9,11-13H2,(H,17,18). The smallest absolute Gasteiger partial charge is 0.126 e. The van der Waals surface area contributed by atoms with Gasteiger partial charge in [0.05, 0.1) is 0 Å². The van der Waals surface area contributed by atoms with Gasteiger partial charge >= 0.3 is 0 Å². The van der Waals surface area contributed by atoms with Crippen LogP contribution in [0.4, 0.5) is 5.82 Å². The van der Waals surface area contributed by atoms with Gasteiger partial charge in [0.25, 0.3) is 0 Å². The van der Waals surface area contributed by atoms with E-state index in [1.807, 2.05) is 24.4 Å². The summed E-state index contributed by atoms with van der Waals surface area (Å²) in [6.07, 6.45) is 3.02. The van der Waals surface area contributed by atoms with Crippen LogP contribution in [-0.4, -0.2) is 29.0 Å². The third-order valence-electron chi connectivity index (χ3n) is 3.54. The van der Waals surface area contributed by atoms with E-state index in [1.54, 1.807) is 0 Å². The van der Waals surface area contributed by atoms with E-state index in [1.165, 1.54) is 12.0 Å². The van der Waals surface area contributed by atoms with E-state index in [4.69, 9.17) is 0 Å². The van der Waals surface area contributed by atoms with Gasteiger partial charge in [-0.15, -0.1) is 0 Å². The van der Waals surface area contributed by atoms with Crippen LogP contribution in [-0.2, 0) is 6.54 Å². The van der Waals surface area contributed by atoms with Gasteiger partial charge in [-0.3, -0.25) is 4.90 Å². The van der Waals surface area contributed by atoms with E-state index in [9.17, 15) is 0 Å². The second-order valence-electron chi connectivity index (χ2n) is 5.07. The van der Waals surface area contributed by atoms with Gasteiger partial charge in [-0.1, -0.05) is 36.4 Å². The third kappa shape index (κ3) is 3.32. The maximum absolute atomic E-state index is 4.32. The fraction of sp³-hybridized carbons (Fsp3) is 0.312. The summed E-state index contributed by atoms with van der Waals surface area (Å²) in [5, 5.41) is 3.50. The molecule has 1 aromatic carbocycles. The van der Waals surface area contributed by atoms with Crippen LogP contribution in [0.1, 0.15) is 12.0 Å². The number of anilines is 1. The minimum Gasteiger partial charge on any atom is -0.366 e. The van der Waals surface area contributed by atoms with Crippen molar-refractivity contribution in [3.05, 3.63) is 60.3 Å². The number of hydrogen-bond acceptors (Lipinski definition) is 3. The molecule has 1 N–H and O–H groups in total. The Morgan fingerprint density at radius 3 is 2.74 bits per heavy atom. The molecule has 0 saturated carbocycles. The summed E-state index contributed by atoms with van der Waals surface area (Å²) in [5.74, 6) is 0.981. The zero-order valence-electron chi connectivity index (χ0n) is 11.0. The molecule has 1 unspecified atom stereocenters. The summed E-state index contributed by atoms with van der Waals surface area (Å²) in [4.78, 5) is 6.82. The Balaban J connectivity index is 1.53. The van der Waals surface area contributed by atoms with Gasteiger partial charge in [-0.25, -0.2) is 4.98 Å². The predicted molar refractivity (Wildman–Crippen MR) is 78.0 cm³/mol. The fourth-order valence-corrected chi connectivity index (χ4v) is 2.59. The van der Waals surface area contributed by atoms with Crippen LogP contribution in [0.2, 0.25) is 0 Å². The second kappa shape index (κ2) is 5.85. The van der Waals surface area contributed by atoms with Crippen LogP contribution in [0.15, 0.2) is 54.7 Å². The summed E-state index contributed by atoms with van der Waals surface area (Å²) in [7, 11) is 0. The molecule has 1 fully saturated rings. The van der Waals surface area contributed by atoms with E-state index >= 15 is 0 Å². The summed E-state index contributed by atoms with van der Waals surface area (Å²) in [6.45, 7) is 3.28. The van der Waals surface area contributed by atoms with Gasteiger partial charge < -0.3 is 5.32 Å². The van der Waals surface area contributed by atoms with Crippen molar-refractivity contribution >= 4 is 5.82 Å². The predicted octanol–water partition coefficient (Wildman–Crippen LogP) is 2.77. The highest BCUT2D eigenvalue weighted by Gasteiger charge is 2.22. The molecule has 1 atom stereocenters. The van der Waals surface area contributed by atoms with Crippen molar-refractivity contribution in [2.75, 3.05) is 18.4 Å². The summed E-state index contributed by atoms with van der Waals surface area (Å²) in [6, 6.07) is 17.2. The molecule has 1 aromatic heterocycles. The average molecular weight is 253 g/mol. The second-order valence-corrected chi connectivity index (χ2v) is 5.07. The maximum Gasteiger partial charge on any atom is 0.126 e. The first-order valence-electron chi connectivity index (χ1n) is 6.84. The van der Waals surface area contributed by atoms with Gasteiger partial charge in [-0.2, -0.15) is 0 Å². The molecule has 1 aliphatic heterocycles. The fourth-order valence-electron chi connectivity index (χ4n) is 2.59. The molecular formula is C16H19N3. The van der Waals surface area contributed by atoms with Crippen molar-refractivity contribution in [1.82, 2.24) is 9.88 Å². The highest BCUT2D eigenvalue weighted by atomic mass is 15.2. The SMILES string of the molecule is c1ccc(CN2CCC(Nc3ccccn3)C2)cc1. The number of rotatable bonds is 4. The number of pyridine rings is 1. The number of likely N-dealkylation sites (tertiary alicyclic amines) is 1. The zero-order chi connectivity index (χ0) is 12.9. The van der Waals surface area contributed by atoms with E-state index in [0.717, 1.165) is 25.5 Å². The summed E-state index contributed by atoms with van der Waals surface area (Å²) < 4.78 is 0. The highest BCUT2D eigenvalue weighted by Crippen LogP contribution is 2.16. The Hall–Kier alpha value is -1.87. The van der Waals surface area contributed by atoms with Crippen molar-refractivity contribution in [1.29, 1.82) is 0 Å². The number of benzene rings is 1. The van der Waals surface area contributed by atoms with Gasteiger partial charge in [0, 0.05) is 31.9 Å². The van der Waals surface area contributed by atoms with Crippen LogP contribution >= 0.6 is 0 Å². The van der Waals surface area contributed by atoms with Crippen molar-refractivity contribution in [3.8, 4) is 0 Å². The molecule has 0 amide bonds. The molecule has 3 heteroatoms. The quantitative estimate of drug-likeness (QED) is 0.908. The van der Waals surface area contributed by atoms with Crippen LogP contribution in [0, 0.1) is 0 Å². The van der Waals surface area contributed by atoms with Crippen LogP contribution in [0.25, 0.3) is 0 Å². The van der Waals surface area contributed by atoms with E-state index < -0.39 is 0 Å². The minimum absolute atomic E-state index is 0.513. The zero-order valence-corrected chi connectivity index (χ0v) is 11.0. The van der Waals surface area contributed by atoms with Gasteiger partial charge in [0.1, 0.15) is 5.82 Å². The van der Waals surface area contributed by atoms with Crippen LogP contribution in [0.3, 0.4) is 0 Å². The Morgan fingerprint density at radius 2 is 1.95 bits per heavy atom. The number of aromatic nitrogens is 1. The molecule has 0 bridgehead atoms. The largest absolute Gasteiger partial charge is 0.366 e. The first-order valence-corrected chi connectivity index (χ1v) is 6.84. The van der Waals surface area contributed by atoms with Crippen molar-refractivity contribution in [3.63, 3.8) is 0 Å². The monoisotopic (exact) mass is 253 g/mol. The molecule has 0 radical (unpaired) electrons. The normalized spacial score (nSPS) is 19.5. The lowest BCUT2D eigenvalue weighted by atomic mass is 10.2. The summed E-state index contributed by atoms with van der Waals surface area (Å²) in [5.41, 5.74) is 1.39. The molecule has 19 heavy (non-hydrogen) atoms. The Kier molecular flexibility index (Phi) is 3.75.